The summed E-state index contributed by atoms with van der Waals surface area (Å²) in [4.78, 5) is 21.9. The van der Waals surface area contributed by atoms with Gasteiger partial charge in [0.25, 0.3) is 5.69 Å². The predicted octanol–water partition coefficient (Wildman–Crippen LogP) is 3.21. The maximum Gasteiger partial charge on any atom is 0.304 e. The number of rotatable bonds is 10. The van der Waals surface area contributed by atoms with Gasteiger partial charge in [0.1, 0.15) is 0 Å². The van der Waals surface area contributed by atoms with Gasteiger partial charge < -0.3 is 18.9 Å². The third-order valence-electron chi connectivity index (χ3n) is 3.30. The summed E-state index contributed by atoms with van der Waals surface area (Å²) in [5, 5.41) is 11.3. The van der Waals surface area contributed by atoms with Crippen LogP contribution in [0.3, 0.4) is 0 Å². The van der Waals surface area contributed by atoms with Gasteiger partial charge in [0.2, 0.25) is 6.29 Å². The van der Waals surface area contributed by atoms with Crippen LogP contribution in [-0.2, 0) is 20.9 Å². The van der Waals surface area contributed by atoms with E-state index in [-0.39, 0.29) is 18.0 Å². The first-order valence-electron chi connectivity index (χ1n) is 7.61. The van der Waals surface area contributed by atoms with Crippen LogP contribution in [0.15, 0.2) is 12.1 Å². The topological polar surface area (TPSA) is 97.1 Å². The SMILES string of the molecule is CCCCC(OCc1cc(OC)c(OC)cc1[N+](=O)[O-])OC(C)=O. The number of methoxy groups -OCH3 is 2. The van der Waals surface area contributed by atoms with Crippen molar-refractivity contribution in [3.05, 3.63) is 27.8 Å². The van der Waals surface area contributed by atoms with Gasteiger partial charge in [-0.25, -0.2) is 0 Å². The summed E-state index contributed by atoms with van der Waals surface area (Å²) in [5.74, 6) is 0.160. The quantitative estimate of drug-likeness (QED) is 0.279. The molecule has 1 atom stereocenters. The first-order valence-corrected chi connectivity index (χ1v) is 7.61. The van der Waals surface area contributed by atoms with Crippen molar-refractivity contribution in [3.8, 4) is 11.5 Å². The van der Waals surface area contributed by atoms with E-state index in [9.17, 15) is 14.9 Å². The van der Waals surface area contributed by atoms with Crippen LogP contribution in [-0.4, -0.2) is 31.4 Å². The molecule has 0 saturated carbocycles. The summed E-state index contributed by atoms with van der Waals surface area (Å²) in [6.45, 7) is 3.21. The van der Waals surface area contributed by atoms with E-state index in [4.69, 9.17) is 18.9 Å². The number of hydrogen-bond donors (Lipinski definition) is 0. The van der Waals surface area contributed by atoms with E-state index < -0.39 is 17.2 Å². The molecule has 0 fully saturated rings. The summed E-state index contributed by atoms with van der Waals surface area (Å²) in [7, 11) is 2.84. The Kier molecular flexibility index (Phi) is 7.97. The molecule has 0 heterocycles. The molecule has 0 aliphatic rings. The van der Waals surface area contributed by atoms with Gasteiger partial charge in [0.15, 0.2) is 11.5 Å². The van der Waals surface area contributed by atoms with E-state index in [2.05, 4.69) is 0 Å². The Bertz CT molecular complexity index is 574. The fourth-order valence-electron chi connectivity index (χ4n) is 2.11. The smallest absolute Gasteiger partial charge is 0.304 e. The normalized spacial score (nSPS) is 11.7. The monoisotopic (exact) mass is 341 g/mol. The first-order chi connectivity index (χ1) is 11.4. The van der Waals surface area contributed by atoms with Crippen LogP contribution in [0, 0.1) is 10.1 Å². The van der Waals surface area contributed by atoms with E-state index in [0.717, 1.165) is 12.8 Å². The average molecular weight is 341 g/mol. The molecule has 0 amide bonds. The number of nitrogens with zero attached hydrogens (tertiary/aromatic N) is 1. The molecule has 0 spiro atoms. The largest absolute Gasteiger partial charge is 0.493 e. The highest BCUT2D eigenvalue weighted by Crippen LogP contribution is 2.35. The number of nitro groups is 1. The van der Waals surface area contributed by atoms with Crippen molar-refractivity contribution in [2.45, 2.75) is 46.0 Å². The second kappa shape index (κ2) is 9.71. The fraction of sp³-hybridized carbons (Fsp3) is 0.562. The fourth-order valence-corrected chi connectivity index (χ4v) is 2.11. The number of ether oxygens (including phenoxy) is 4. The van der Waals surface area contributed by atoms with Crippen molar-refractivity contribution in [2.24, 2.45) is 0 Å². The van der Waals surface area contributed by atoms with E-state index in [0.29, 0.717) is 17.7 Å². The number of hydrogen-bond acceptors (Lipinski definition) is 7. The van der Waals surface area contributed by atoms with E-state index in [1.54, 1.807) is 0 Å². The lowest BCUT2D eigenvalue weighted by Crippen LogP contribution is -2.20. The highest BCUT2D eigenvalue weighted by atomic mass is 16.7. The molecule has 0 bridgehead atoms. The van der Waals surface area contributed by atoms with Crippen molar-refractivity contribution in [1.82, 2.24) is 0 Å². The molecule has 0 saturated heterocycles. The molecule has 8 heteroatoms. The number of unbranched alkanes of at least 4 members (excludes halogenated alkanes) is 1. The van der Waals surface area contributed by atoms with E-state index in [1.165, 1.54) is 33.3 Å². The first kappa shape index (κ1) is 19.7. The van der Waals surface area contributed by atoms with E-state index in [1.807, 2.05) is 6.92 Å². The van der Waals surface area contributed by atoms with Gasteiger partial charge in [-0.05, 0) is 12.5 Å². The molecule has 0 N–H and O–H groups in total. The Morgan fingerprint density at radius 3 is 2.38 bits per heavy atom. The highest BCUT2D eigenvalue weighted by molar-refractivity contribution is 5.66. The van der Waals surface area contributed by atoms with Crippen molar-refractivity contribution < 1.29 is 28.7 Å². The Morgan fingerprint density at radius 1 is 1.25 bits per heavy atom. The summed E-state index contributed by atoms with van der Waals surface area (Å²) in [6.07, 6.45) is 1.51. The molecule has 0 aliphatic carbocycles. The molecule has 24 heavy (non-hydrogen) atoms. The van der Waals surface area contributed by atoms with Gasteiger partial charge in [0, 0.05) is 13.3 Å². The van der Waals surface area contributed by atoms with Gasteiger partial charge in [-0.1, -0.05) is 13.3 Å². The number of carbonyl (C=O) groups excluding carboxylic acids is 1. The van der Waals surface area contributed by atoms with Gasteiger partial charge in [-0.15, -0.1) is 0 Å². The third-order valence-corrected chi connectivity index (χ3v) is 3.30. The molecule has 0 aliphatic heterocycles. The number of nitro benzene ring substituents is 1. The minimum absolute atomic E-state index is 0.0850. The van der Waals surface area contributed by atoms with Gasteiger partial charge in [-0.3, -0.25) is 14.9 Å². The van der Waals surface area contributed by atoms with Gasteiger partial charge >= 0.3 is 5.97 Å². The Hall–Kier alpha value is -2.35. The minimum atomic E-state index is -0.741. The standard InChI is InChI=1S/C16H23NO7/c1-5-6-7-16(24-11(2)18)23-10-12-8-14(21-3)15(22-4)9-13(12)17(19)20/h8-9,16H,5-7,10H2,1-4H3. The lowest BCUT2D eigenvalue weighted by molar-refractivity contribution is -0.386. The second-order valence-corrected chi connectivity index (χ2v) is 5.09. The zero-order chi connectivity index (χ0) is 18.1. The van der Waals surface area contributed by atoms with Crippen LogP contribution in [0.25, 0.3) is 0 Å². The lowest BCUT2D eigenvalue weighted by Gasteiger charge is -2.18. The highest BCUT2D eigenvalue weighted by Gasteiger charge is 2.21. The molecular formula is C16H23NO7. The van der Waals surface area contributed by atoms with E-state index >= 15 is 0 Å². The molecule has 1 aromatic carbocycles. The molecule has 0 radical (unpaired) electrons. The Morgan fingerprint density at radius 2 is 1.88 bits per heavy atom. The minimum Gasteiger partial charge on any atom is -0.493 e. The molecule has 1 rings (SSSR count). The van der Waals surface area contributed by atoms with Crippen molar-refractivity contribution >= 4 is 11.7 Å². The maximum absolute atomic E-state index is 11.3. The third kappa shape index (κ3) is 5.69. The van der Waals surface area contributed by atoms with Crippen LogP contribution in [0.4, 0.5) is 5.69 Å². The summed E-state index contributed by atoms with van der Waals surface area (Å²) < 4.78 is 20.9. The van der Waals surface area contributed by atoms with Gasteiger partial charge in [-0.2, -0.15) is 0 Å². The van der Waals surface area contributed by atoms with Crippen molar-refractivity contribution in [3.63, 3.8) is 0 Å². The van der Waals surface area contributed by atoms with Crippen LogP contribution < -0.4 is 9.47 Å². The zero-order valence-electron chi connectivity index (χ0n) is 14.4. The molecule has 0 aromatic heterocycles. The Balaban J connectivity index is 2.98. The predicted molar refractivity (Wildman–Crippen MR) is 86.1 cm³/mol. The average Bonchev–Trinajstić information content (AvgIpc) is 2.55. The van der Waals surface area contributed by atoms with Crippen LogP contribution >= 0.6 is 0 Å². The molecule has 1 aromatic rings. The van der Waals surface area contributed by atoms with Crippen molar-refractivity contribution in [2.75, 3.05) is 14.2 Å². The molecule has 8 nitrogen and oxygen atoms in total. The molecule has 134 valence electrons. The molecule has 1 unspecified atom stereocenters. The van der Waals surface area contributed by atoms with Crippen molar-refractivity contribution in [1.29, 1.82) is 0 Å². The van der Waals surface area contributed by atoms with Gasteiger partial charge in [0.05, 0.1) is 37.4 Å². The number of esters is 1. The summed E-state index contributed by atoms with van der Waals surface area (Å²) in [6, 6.07) is 2.77. The second-order valence-electron chi connectivity index (χ2n) is 5.09. The summed E-state index contributed by atoms with van der Waals surface area (Å²) in [5.41, 5.74) is 0.163. The van der Waals surface area contributed by atoms with Crippen LogP contribution in [0.1, 0.15) is 38.7 Å². The number of carbonyl (C=O) groups is 1. The maximum atomic E-state index is 11.3. The summed E-state index contributed by atoms with van der Waals surface area (Å²) >= 11 is 0. The van der Waals surface area contributed by atoms with Crippen LogP contribution in [0.2, 0.25) is 0 Å². The van der Waals surface area contributed by atoms with Crippen LogP contribution in [0.5, 0.6) is 11.5 Å². The lowest BCUT2D eigenvalue weighted by atomic mass is 10.1. The number of benzene rings is 1. The Labute approximate surface area is 140 Å². The molecular weight excluding hydrogens is 318 g/mol. The zero-order valence-corrected chi connectivity index (χ0v) is 14.4.